The van der Waals surface area contributed by atoms with Gasteiger partial charge in [-0.1, -0.05) is 55.8 Å². The summed E-state index contributed by atoms with van der Waals surface area (Å²) in [6.07, 6.45) is 1.84. The van der Waals surface area contributed by atoms with E-state index in [0.717, 1.165) is 29.3 Å². The maximum Gasteiger partial charge on any atom is 0.234 e. The number of hydrogen-bond donors (Lipinski definition) is 1. The predicted octanol–water partition coefficient (Wildman–Crippen LogP) is 5.34. The van der Waals surface area contributed by atoms with Crippen LogP contribution in [0.25, 0.3) is 0 Å². The average molecular weight is 348 g/mol. The first-order valence-corrected chi connectivity index (χ1v) is 9.40. The van der Waals surface area contributed by atoms with E-state index >= 15 is 0 Å². The summed E-state index contributed by atoms with van der Waals surface area (Å²) in [4.78, 5) is 12.2. The largest absolute Gasteiger partial charge is 0.325 e. The van der Waals surface area contributed by atoms with Crippen LogP contribution < -0.4 is 5.32 Å². The van der Waals surface area contributed by atoms with E-state index in [2.05, 4.69) is 37.4 Å². The molecule has 0 heterocycles. The average Bonchev–Trinajstić information content (AvgIpc) is 2.57. The Hall–Kier alpha value is -1.45. The molecule has 0 fully saturated rings. The monoisotopic (exact) mass is 347 g/mol. The molecule has 0 saturated carbocycles. The molecule has 1 N–H and O–H groups in total. The molecule has 0 saturated heterocycles. The number of benzene rings is 2. The molecule has 0 aliphatic heterocycles. The number of amides is 1. The smallest absolute Gasteiger partial charge is 0.234 e. The number of halogens is 1. The molecule has 0 bridgehead atoms. The summed E-state index contributed by atoms with van der Waals surface area (Å²) in [5.41, 5.74) is 4.56. The Kier molecular flexibility index (Phi) is 7.00. The number of para-hydroxylation sites is 1. The van der Waals surface area contributed by atoms with Crippen LogP contribution in [0.5, 0.6) is 0 Å². The molecule has 1 amide bonds. The van der Waals surface area contributed by atoms with Crippen molar-refractivity contribution >= 4 is 35.0 Å². The standard InChI is InChI=1S/C19H22ClNOS/c1-3-15-6-5-7-16(4-2)19(15)21-18(22)13-23-12-14-8-10-17(20)11-9-14/h5-11H,3-4,12-13H2,1-2H3,(H,21,22). The summed E-state index contributed by atoms with van der Waals surface area (Å²) in [7, 11) is 0. The van der Waals surface area contributed by atoms with Crippen LogP contribution in [-0.2, 0) is 23.4 Å². The Labute approximate surface area is 147 Å². The summed E-state index contributed by atoms with van der Waals surface area (Å²) in [5, 5.41) is 3.83. The van der Waals surface area contributed by atoms with E-state index in [1.165, 1.54) is 16.7 Å². The molecule has 0 aliphatic rings. The van der Waals surface area contributed by atoms with Crippen LogP contribution >= 0.6 is 23.4 Å². The molecular formula is C19H22ClNOS. The van der Waals surface area contributed by atoms with Gasteiger partial charge in [0.2, 0.25) is 5.91 Å². The number of aryl methyl sites for hydroxylation is 2. The zero-order valence-corrected chi connectivity index (χ0v) is 15.1. The zero-order valence-electron chi connectivity index (χ0n) is 13.6. The molecule has 0 atom stereocenters. The van der Waals surface area contributed by atoms with Gasteiger partial charge in [0.25, 0.3) is 0 Å². The third-order valence-corrected chi connectivity index (χ3v) is 4.93. The van der Waals surface area contributed by atoms with Crippen molar-refractivity contribution in [3.8, 4) is 0 Å². The fourth-order valence-electron chi connectivity index (χ4n) is 2.42. The van der Waals surface area contributed by atoms with Crippen molar-refractivity contribution in [3.63, 3.8) is 0 Å². The van der Waals surface area contributed by atoms with Gasteiger partial charge in [-0.25, -0.2) is 0 Å². The van der Waals surface area contributed by atoms with Crippen molar-refractivity contribution in [1.82, 2.24) is 0 Å². The molecule has 0 radical (unpaired) electrons. The molecule has 0 aliphatic carbocycles. The summed E-state index contributed by atoms with van der Waals surface area (Å²) in [5.74, 6) is 1.31. The van der Waals surface area contributed by atoms with Gasteiger partial charge in [0.05, 0.1) is 5.75 Å². The van der Waals surface area contributed by atoms with Gasteiger partial charge in [-0.05, 0) is 41.7 Å². The van der Waals surface area contributed by atoms with Gasteiger partial charge in [0.15, 0.2) is 0 Å². The number of thioether (sulfide) groups is 1. The normalized spacial score (nSPS) is 10.6. The number of nitrogens with one attached hydrogen (secondary N) is 1. The Bertz CT molecular complexity index is 633. The summed E-state index contributed by atoms with van der Waals surface area (Å²) >= 11 is 7.48. The van der Waals surface area contributed by atoms with Crippen molar-refractivity contribution in [2.24, 2.45) is 0 Å². The predicted molar refractivity (Wildman–Crippen MR) is 101 cm³/mol. The summed E-state index contributed by atoms with van der Waals surface area (Å²) < 4.78 is 0. The van der Waals surface area contributed by atoms with E-state index in [-0.39, 0.29) is 5.91 Å². The molecule has 0 unspecified atom stereocenters. The third-order valence-electron chi connectivity index (χ3n) is 3.68. The van der Waals surface area contributed by atoms with Gasteiger partial charge < -0.3 is 5.32 Å². The number of carbonyl (C=O) groups is 1. The second-order valence-electron chi connectivity index (χ2n) is 5.33. The van der Waals surface area contributed by atoms with E-state index in [9.17, 15) is 4.79 Å². The van der Waals surface area contributed by atoms with Gasteiger partial charge in [0.1, 0.15) is 0 Å². The van der Waals surface area contributed by atoms with Crippen LogP contribution in [0, 0.1) is 0 Å². The number of hydrogen-bond acceptors (Lipinski definition) is 2. The van der Waals surface area contributed by atoms with Crippen LogP contribution in [-0.4, -0.2) is 11.7 Å². The summed E-state index contributed by atoms with van der Waals surface area (Å²) in [6.45, 7) is 4.22. The highest BCUT2D eigenvalue weighted by molar-refractivity contribution is 7.99. The highest BCUT2D eigenvalue weighted by atomic mass is 35.5. The Morgan fingerprint density at radius 2 is 1.65 bits per heavy atom. The molecule has 4 heteroatoms. The topological polar surface area (TPSA) is 29.1 Å². The second kappa shape index (κ2) is 8.99. The van der Waals surface area contributed by atoms with Crippen molar-refractivity contribution in [2.75, 3.05) is 11.1 Å². The summed E-state index contributed by atoms with van der Waals surface area (Å²) in [6, 6.07) is 14.0. The Balaban J connectivity index is 1.91. The highest BCUT2D eigenvalue weighted by Gasteiger charge is 2.10. The van der Waals surface area contributed by atoms with E-state index in [0.29, 0.717) is 5.75 Å². The van der Waals surface area contributed by atoms with Crippen molar-refractivity contribution < 1.29 is 4.79 Å². The second-order valence-corrected chi connectivity index (χ2v) is 6.75. The molecule has 2 nitrogen and oxygen atoms in total. The lowest BCUT2D eigenvalue weighted by molar-refractivity contribution is -0.113. The van der Waals surface area contributed by atoms with E-state index in [1.807, 2.05) is 24.3 Å². The number of anilines is 1. The van der Waals surface area contributed by atoms with Gasteiger partial charge in [-0.2, -0.15) is 0 Å². The molecule has 2 rings (SSSR count). The zero-order chi connectivity index (χ0) is 16.7. The van der Waals surface area contributed by atoms with Crippen LogP contribution in [0.4, 0.5) is 5.69 Å². The van der Waals surface area contributed by atoms with Crippen LogP contribution in [0.1, 0.15) is 30.5 Å². The van der Waals surface area contributed by atoms with Crippen molar-refractivity contribution in [1.29, 1.82) is 0 Å². The van der Waals surface area contributed by atoms with Gasteiger partial charge in [0, 0.05) is 16.5 Å². The SMILES string of the molecule is CCc1cccc(CC)c1NC(=O)CSCc1ccc(Cl)cc1. The molecule has 0 spiro atoms. The maximum absolute atomic E-state index is 12.2. The number of carbonyl (C=O) groups excluding carboxylic acids is 1. The maximum atomic E-state index is 12.2. The van der Waals surface area contributed by atoms with E-state index in [1.54, 1.807) is 11.8 Å². The van der Waals surface area contributed by atoms with Crippen LogP contribution in [0.3, 0.4) is 0 Å². The fourth-order valence-corrected chi connectivity index (χ4v) is 3.33. The fraction of sp³-hybridized carbons (Fsp3) is 0.316. The molecule has 2 aromatic rings. The van der Waals surface area contributed by atoms with Crippen LogP contribution in [0.15, 0.2) is 42.5 Å². The van der Waals surface area contributed by atoms with E-state index < -0.39 is 0 Å². The van der Waals surface area contributed by atoms with Gasteiger partial charge in [-0.3, -0.25) is 4.79 Å². The van der Waals surface area contributed by atoms with Crippen molar-refractivity contribution in [2.45, 2.75) is 32.4 Å². The minimum atomic E-state index is 0.0552. The molecule has 122 valence electrons. The first-order chi connectivity index (χ1) is 11.1. The van der Waals surface area contributed by atoms with Crippen molar-refractivity contribution in [3.05, 3.63) is 64.2 Å². The lowest BCUT2D eigenvalue weighted by Crippen LogP contribution is -2.16. The Morgan fingerprint density at radius 3 is 2.22 bits per heavy atom. The lowest BCUT2D eigenvalue weighted by Gasteiger charge is -2.14. The first-order valence-electron chi connectivity index (χ1n) is 7.86. The first kappa shape index (κ1) is 17.9. The molecule has 2 aromatic carbocycles. The third kappa shape index (κ3) is 5.29. The van der Waals surface area contributed by atoms with Gasteiger partial charge in [-0.15, -0.1) is 11.8 Å². The minimum Gasteiger partial charge on any atom is -0.325 e. The molecule has 0 aromatic heterocycles. The Morgan fingerprint density at radius 1 is 1.04 bits per heavy atom. The molecule has 23 heavy (non-hydrogen) atoms. The highest BCUT2D eigenvalue weighted by Crippen LogP contribution is 2.23. The quantitative estimate of drug-likeness (QED) is 0.732. The lowest BCUT2D eigenvalue weighted by atomic mass is 10.0. The molecular weight excluding hydrogens is 326 g/mol. The van der Waals surface area contributed by atoms with E-state index in [4.69, 9.17) is 11.6 Å². The van der Waals surface area contributed by atoms with Gasteiger partial charge >= 0.3 is 0 Å². The van der Waals surface area contributed by atoms with Crippen LogP contribution in [0.2, 0.25) is 5.02 Å². The number of rotatable bonds is 7. The minimum absolute atomic E-state index is 0.0552.